The van der Waals surface area contributed by atoms with Crippen LogP contribution in [0.15, 0.2) is 71.1 Å². The highest BCUT2D eigenvalue weighted by molar-refractivity contribution is 6.11. The van der Waals surface area contributed by atoms with Crippen molar-refractivity contribution in [2.24, 2.45) is 0 Å². The van der Waals surface area contributed by atoms with Crippen molar-refractivity contribution in [1.82, 2.24) is 0 Å². The van der Waals surface area contributed by atoms with Gasteiger partial charge in [-0.2, -0.15) is 0 Å². The maximum atomic E-state index is 13.0. The Balaban J connectivity index is 1.57. The molecule has 0 aliphatic rings. The molecule has 0 saturated carbocycles. The molecule has 0 aliphatic carbocycles. The zero-order valence-electron chi connectivity index (χ0n) is 19.5. The fraction of sp³-hybridized carbons (Fsp3) is 0.214. The summed E-state index contributed by atoms with van der Waals surface area (Å²) in [7, 11) is 1.58. The summed E-state index contributed by atoms with van der Waals surface area (Å²) in [5.74, 6) is 0.571. The van der Waals surface area contributed by atoms with E-state index in [4.69, 9.17) is 9.15 Å². The summed E-state index contributed by atoms with van der Waals surface area (Å²) in [4.78, 5) is 25.7. The second-order valence-electron chi connectivity index (χ2n) is 9.11. The van der Waals surface area contributed by atoms with Gasteiger partial charge < -0.3 is 14.5 Å². The van der Waals surface area contributed by atoms with Crippen LogP contribution in [0.5, 0.6) is 5.75 Å². The van der Waals surface area contributed by atoms with Crippen molar-refractivity contribution in [3.8, 4) is 5.75 Å². The van der Waals surface area contributed by atoms with Gasteiger partial charge in [-0.15, -0.1) is 0 Å². The van der Waals surface area contributed by atoms with E-state index in [1.807, 2.05) is 43.3 Å². The van der Waals surface area contributed by atoms with E-state index in [-0.39, 0.29) is 22.9 Å². The number of carbonyl (C=O) groups is 2. The van der Waals surface area contributed by atoms with Crippen LogP contribution in [0.4, 0.5) is 5.69 Å². The predicted molar refractivity (Wildman–Crippen MR) is 130 cm³/mol. The lowest BCUT2D eigenvalue weighted by Crippen LogP contribution is -2.14. The summed E-state index contributed by atoms with van der Waals surface area (Å²) in [6.07, 6.45) is 0. The van der Waals surface area contributed by atoms with Gasteiger partial charge in [0.05, 0.1) is 7.11 Å². The van der Waals surface area contributed by atoms with Gasteiger partial charge in [-0.3, -0.25) is 9.59 Å². The van der Waals surface area contributed by atoms with Gasteiger partial charge in [-0.05, 0) is 66.4 Å². The second-order valence-corrected chi connectivity index (χ2v) is 9.11. The first kappa shape index (κ1) is 22.3. The molecule has 4 aromatic rings. The Labute approximate surface area is 193 Å². The minimum absolute atomic E-state index is 0.0259. The molecule has 0 unspecified atom stereocenters. The second kappa shape index (κ2) is 8.58. The van der Waals surface area contributed by atoms with E-state index >= 15 is 0 Å². The lowest BCUT2D eigenvalue weighted by molar-refractivity contribution is 0.101. The van der Waals surface area contributed by atoms with Crippen molar-refractivity contribution in [2.75, 3.05) is 12.4 Å². The number of hydrogen-bond acceptors (Lipinski definition) is 4. The van der Waals surface area contributed by atoms with Gasteiger partial charge in [-0.25, -0.2) is 0 Å². The first-order valence-corrected chi connectivity index (χ1v) is 10.8. The highest BCUT2D eigenvalue weighted by Crippen LogP contribution is 2.30. The van der Waals surface area contributed by atoms with E-state index < -0.39 is 0 Å². The van der Waals surface area contributed by atoms with Crippen LogP contribution in [0.25, 0.3) is 11.0 Å². The van der Waals surface area contributed by atoms with E-state index in [9.17, 15) is 9.59 Å². The Bertz CT molecular complexity index is 1320. The van der Waals surface area contributed by atoms with Gasteiger partial charge >= 0.3 is 0 Å². The molecule has 1 aromatic heterocycles. The highest BCUT2D eigenvalue weighted by atomic mass is 16.5. The van der Waals surface area contributed by atoms with E-state index in [1.165, 1.54) is 5.56 Å². The minimum Gasteiger partial charge on any atom is -0.497 e. The first-order valence-electron chi connectivity index (χ1n) is 10.8. The Morgan fingerprint density at radius 2 is 1.52 bits per heavy atom. The third kappa shape index (κ3) is 4.53. The van der Waals surface area contributed by atoms with E-state index in [1.54, 1.807) is 37.4 Å². The standard InChI is InChI=1S/C28H27NO4/c1-17-23-15-12-21(29-27(31)19-6-10-20(11-7-19)28(2,3)4)16-24(23)33-26(17)25(30)18-8-13-22(32-5)14-9-18/h6-16H,1-5H3,(H,29,31). The average molecular weight is 442 g/mol. The van der Waals surface area contributed by atoms with Crippen molar-refractivity contribution in [3.05, 3.63) is 94.7 Å². The number of aryl methyl sites for hydroxylation is 1. The van der Waals surface area contributed by atoms with Gasteiger partial charge in [0, 0.05) is 33.8 Å². The normalized spacial score (nSPS) is 11.4. The molecule has 5 heteroatoms. The number of ketones is 1. The van der Waals surface area contributed by atoms with Crippen molar-refractivity contribution >= 4 is 28.3 Å². The summed E-state index contributed by atoms with van der Waals surface area (Å²) in [6.45, 7) is 8.26. The van der Waals surface area contributed by atoms with Crippen molar-refractivity contribution in [1.29, 1.82) is 0 Å². The monoisotopic (exact) mass is 441 g/mol. The number of amides is 1. The Kier molecular flexibility index (Phi) is 5.81. The number of anilines is 1. The van der Waals surface area contributed by atoms with Crippen LogP contribution >= 0.6 is 0 Å². The fourth-order valence-electron chi connectivity index (χ4n) is 3.72. The Hall–Kier alpha value is -3.86. The zero-order chi connectivity index (χ0) is 23.8. The van der Waals surface area contributed by atoms with Crippen LogP contribution < -0.4 is 10.1 Å². The third-order valence-electron chi connectivity index (χ3n) is 5.77. The first-order chi connectivity index (χ1) is 15.7. The molecule has 5 nitrogen and oxygen atoms in total. The Morgan fingerprint density at radius 1 is 0.879 bits per heavy atom. The van der Waals surface area contributed by atoms with E-state index in [0.717, 1.165) is 10.9 Å². The molecular weight excluding hydrogens is 414 g/mol. The van der Waals surface area contributed by atoms with Crippen LogP contribution in [0, 0.1) is 6.92 Å². The van der Waals surface area contributed by atoms with Crippen molar-refractivity contribution in [2.45, 2.75) is 33.1 Å². The SMILES string of the molecule is COc1ccc(C(=O)c2oc3cc(NC(=O)c4ccc(C(C)(C)C)cc4)ccc3c2C)cc1. The summed E-state index contributed by atoms with van der Waals surface area (Å²) in [6, 6.07) is 19.9. The minimum atomic E-state index is -0.201. The van der Waals surface area contributed by atoms with Gasteiger partial charge in [0.25, 0.3) is 5.91 Å². The van der Waals surface area contributed by atoms with Crippen LogP contribution in [-0.4, -0.2) is 18.8 Å². The molecule has 1 heterocycles. The number of benzene rings is 3. The maximum absolute atomic E-state index is 13.0. The van der Waals surface area contributed by atoms with Gasteiger partial charge in [-0.1, -0.05) is 32.9 Å². The number of hydrogen-bond donors (Lipinski definition) is 1. The molecular formula is C28H27NO4. The molecule has 4 rings (SSSR count). The van der Waals surface area contributed by atoms with E-state index in [0.29, 0.717) is 28.1 Å². The number of furan rings is 1. The quantitative estimate of drug-likeness (QED) is 0.358. The Morgan fingerprint density at radius 3 is 2.12 bits per heavy atom. The number of fused-ring (bicyclic) bond motifs is 1. The topological polar surface area (TPSA) is 68.5 Å². The molecule has 3 aromatic carbocycles. The van der Waals surface area contributed by atoms with Crippen LogP contribution in [-0.2, 0) is 5.41 Å². The molecule has 1 amide bonds. The summed E-state index contributed by atoms with van der Waals surface area (Å²) in [5, 5.41) is 3.75. The van der Waals surface area contributed by atoms with Gasteiger partial charge in [0.15, 0.2) is 5.76 Å². The molecule has 0 radical (unpaired) electrons. The lowest BCUT2D eigenvalue weighted by atomic mass is 9.87. The number of rotatable bonds is 5. The summed E-state index contributed by atoms with van der Waals surface area (Å²) in [5.41, 5.74) is 4.20. The summed E-state index contributed by atoms with van der Waals surface area (Å²) >= 11 is 0. The fourth-order valence-corrected chi connectivity index (χ4v) is 3.72. The molecule has 0 fully saturated rings. The molecule has 0 saturated heterocycles. The summed E-state index contributed by atoms with van der Waals surface area (Å²) < 4.78 is 11.1. The molecule has 0 bridgehead atoms. The highest BCUT2D eigenvalue weighted by Gasteiger charge is 2.20. The van der Waals surface area contributed by atoms with Gasteiger partial charge in [0.2, 0.25) is 5.78 Å². The number of methoxy groups -OCH3 is 1. The predicted octanol–water partition coefficient (Wildman–Crippen LogP) is 6.53. The molecule has 0 atom stereocenters. The molecule has 0 spiro atoms. The molecule has 33 heavy (non-hydrogen) atoms. The van der Waals surface area contributed by atoms with Crippen molar-refractivity contribution in [3.63, 3.8) is 0 Å². The van der Waals surface area contributed by atoms with Crippen LogP contribution in [0.3, 0.4) is 0 Å². The smallest absolute Gasteiger partial charge is 0.255 e. The number of carbonyl (C=O) groups excluding carboxylic acids is 2. The van der Waals surface area contributed by atoms with E-state index in [2.05, 4.69) is 26.1 Å². The third-order valence-corrected chi connectivity index (χ3v) is 5.77. The molecule has 0 aliphatic heterocycles. The zero-order valence-corrected chi connectivity index (χ0v) is 19.5. The van der Waals surface area contributed by atoms with Crippen LogP contribution in [0.1, 0.15) is 58.4 Å². The van der Waals surface area contributed by atoms with Gasteiger partial charge in [0.1, 0.15) is 11.3 Å². The molecule has 1 N–H and O–H groups in total. The number of nitrogens with one attached hydrogen (secondary N) is 1. The maximum Gasteiger partial charge on any atom is 0.255 e. The van der Waals surface area contributed by atoms with Crippen molar-refractivity contribution < 1.29 is 18.7 Å². The largest absolute Gasteiger partial charge is 0.497 e. The lowest BCUT2D eigenvalue weighted by Gasteiger charge is -2.19. The average Bonchev–Trinajstić information content (AvgIpc) is 3.13. The number of ether oxygens (including phenoxy) is 1. The van der Waals surface area contributed by atoms with Crippen LogP contribution in [0.2, 0.25) is 0 Å². The molecule has 168 valence electrons.